The molecule has 0 spiro atoms. The number of amides is 2. The summed E-state index contributed by atoms with van der Waals surface area (Å²) in [7, 11) is 3.28. The zero-order valence-electron chi connectivity index (χ0n) is 19.6. The molecule has 8 nitrogen and oxygen atoms in total. The minimum absolute atomic E-state index is 0.0441. The molecule has 4 rings (SSSR count). The molecule has 2 aliphatic rings. The predicted molar refractivity (Wildman–Crippen MR) is 130 cm³/mol. The number of pyridine rings is 1. The summed E-state index contributed by atoms with van der Waals surface area (Å²) in [6.45, 7) is 2.36. The number of hydrogen-bond donors (Lipinski definition) is 1. The fourth-order valence-corrected chi connectivity index (χ4v) is 4.97. The van der Waals surface area contributed by atoms with Gasteiger partial charge in [-0.05, 0) is 62.6 Å². The Hall–Kier alpha value is -2.84. The Bertz CT molecular complexity index is 1020. The summed E-state index contributed by atoms with van der Waals surface area (Å²) in [6.07, 6.45) is 4.99. The van der Waals surface area contributed by atoms with Gasteiger partial charge in [0.05, 0.1) is 37.7 Å². The number of carbonyl (C=O) groups excluding carboxylic acids is 2. The third-order valence-electron chi connectivity index (χ3n) is 6.58. The summed E-state index contributed by atoms with van der Waals surface area (Å²) >= 11 is 5.87. The van der Waals surface area contributed by atoms with Gasteiger partial charge in [0.25, 0.3) is 0 Å². The number of hydrogen-bond acceptors (Lipinski definition) is 6. The van der Waals surface area contributed by atoms with Gasteiger partial charge in [0.1, 0.15) is 17.3 Å². The minimum atomic E-state index is -0.188. The number of nitrogens with one attached hydrogen (secondary N) is 1. The van der Waals surface area contributed by atoms with Gasteiger partial charge in [0.2, 0.25) is 11.8 Å². The first-order valence-electron chi connectivity index (χ1n) is 11.6. The number of nitrogens with zero attached hydrogens (tertiary/aromatic N) is 3. The van der Waals surface area contributed by atoms with Crippen LogP contribution in [0.1, 0.15) is 37.3 Å². The van der Waals surface area contributed by atoms with E-state index in [-0.39, 0.29) is 23.8 Å². The number of methoxy groups -OCH3 is 2. The van der Waals surface area contributed by atoms with Gasteiger partial charge >= 0.3 is 0 Å². The van der Waals surface area contributed by atoms with Crippen LogP contribution in [0.3, 0.4) is 0 Å². The Balaban J connectivity index is 1.39. The van der Waals surface area contributed by atoms with Gasteiger partial charge in [-0.3, -0.25) is 14.5 Å². The Morgan fingerprint density at radius 3 is 2.68 bits per heavy atom. The van der Waals surface area contributed by atoms with Crippen LogP contribution in [-0.2, 0) is 9.59 Å². The smallest absolute Gasteiger partial charge is 0.237 e. The molecule has 182 valence electrons. The van der Waals surface area contributed by atoms with E-state index in [2.05, 4.69) is 15.2 Å². The molecule has 2 fully saturated rings. The van der Waals surface area contributed by atoms with E-state index in [1.807, 2.05) is 23.1 Å². The molecule has 2 saturated heterocycles. The van der Waals surface area contributed by atoms with Gasteiger partial charge in [-0.2, -0.15) is 0 Å². The third-order valence-corrected chi connectivity index (χ3v) is 6.81. The molecule has 0 aliphatic carbocycles. The maximum Gasteiger partial charge on any atom is 0.237 e. The first-order valence-corrected chi connectivity index (χ1v) is 12.0. The molecule has 1 aromatic carbocycles. The SMILES string of the molecule is COc1ccc(OC)c(C2CCCN2C(=O)CN2CCCC(C(=O)Nc3ccc(Cl)cn3)C2)c1. The van der Waals surface area contributed by atoms with Crippen molar-refractivity contribution in [2.24, 2.45) is 5.92 Å². The van der Waals surface area contributed by atoms with Crippen molar-refractivity contribution in [3.05, 3.63) is 47.1 Å². The van der Waals surface area contributed by atoms with E-state index in [1.165, 1.54) is 6.20 Å². The van der Waals surface area contributed by atoms with Crippen LogP contribution in [-0.4, -0.2) is 67.0 Å². The van der Waals surface area contributed by atoms with Crippen LogP contribution in [0.4, 0.5) is 5.82 Å². The summed E-state index contributed by atoms with van der Waals surface area (Å²) in [5.41, 5.74) is 0.971. The highest BCUT2D eigenvalue weighted by Gasteiger charge is 2.34. The van der Waals surface area contributed by atoms with E-state index in [0.717, 1.165) is 49.3 Å². The average molecular weight is 487 g/mol. The number of benzene rings is 1. The second-order valence-electron chi connectivity index (χ2n) is 8.78. The highest BCUT2D eigenvalue weighted by atomic mass is 35.5. The lowest BCUT2D eigenvalue weighted by Crippen LogP contribution is -2.46. The van der Waals surface area contributed by atoms with Gasteiger partial charge in [0.15, 0.2) is 0 Å². The van der Waals surface area contributed by atoms with Crippen molar-refractivity contribution in [3.63, 3.8) is 0 Å². The van der Waals surface area contributed by atoms with E-state index in [9.17, 15) is 9.59 Å². The molecule has 1 N–H and O–H groups in total. The predicted octanol–water partition coefficient (Wildman–Crippen LogP) is 3.77. The van der Waals surface area contributed by atoms with Crippen molar-refractivity contribution in [1.82, 2.24) is 14.8 Å². The average Bonchev–Trinajstić information content (AvgIpc) is 3.35. The molecule has 3 heterocycles. The van der Waals surface area contributed by atoms with E-state index in [0.29, 0.717) is 30.5 Å². The second-order valence-corrected chi connectivity index (χ2v) is 9.21. The zero-order valence-corrected chi connectivity index (χ0v) is 20.4. The van der Waals surface area contributed by atoms with E-state index in [1.54, 1.807) is 26.4 Å². The normalized spacial score (nSPS) is 20.7. The molecule has 2 atom stereocenters. The highest BCUT2D eigenvalue weighted by Crippen LogP contribution is 2.39. The Labute approximate surface area is 205 Å². The van der Waals surface area contributed by atoms with E-state index < -0.39 is 0 Å². The Morgan fingerprint density at radius 2 is 1.94 bits per heavy atom. The first-order chi connectivity index (χ1) is 16.5. The molecule has 0 bridgehead atoms. The fourth-order valence-electron chi connectivity index (χ4n) is 4.86. The fraction of sp³-hybridized carbons (Fsp3) is 0.480. The first kappa shape index (κ1) is 24.3. The van der Waals surface area contributed by atoms with Crippen LogP contribution in [0.25, 0.3) is 0 Å². The summed E-state index contributed by atoms with van der Waals surface area (Å²) in [4.78, 5) is 34.3. The topological polar surface area (TPSA) is 84.0 Å². The maximum absolute atomic E-state index is 13.3. The van der Waals surface area contributed by atoms with Crippen LogP contribution < -0.4 is 14.8 Å². The van der Waals surface area contributed by atoms with Crippen LogP contribution >= 0.6 is 11.6 Å². The molecule has 0 saturated carbocycles. The number of carbonyl (C=O) groups is 2. The van der Waals surface area contributed by atoms with Gasteiger partial charge in [-0.15, -0.1) is 0 Å². The molecule has 34 heavy (non-hydrogen) atoms. The lowest BCUT2D eigenvalue weighted by atomic mass is 9.97. The molecule has 2 amide bonds. The molecule has 2 unspecified atom stereocenters. The van der Waals surface area contributed by atoms with Crippen molar-refractivity contribution in [2.45, 2.75) is 31.7 Å². The van der Waals surface area contributed by atoms with Crippen LogP contribution in [0, 0.1) is 5.92 Å². The third kappa shape index (κ3) is 5.62. The molecule has 2 aromatic rings. The summed E-state index contributed by atoms with van der Waals surface area (Å²) in [6, 6.07) is 9.05. The van der Waals surface area contributed by atoms with Crippen molar-refractivity contribution >= 4 is 29.2 Å². The maximum atomic E-state index is 13.3. The Morgan fingerprint density at radius 1 is 1.12 bits per heavy atom. The van der Waals surface area contributed by atoms with Gasteiger partial charge in [-0.25, -0.2) is 4.98 Å². The number of anilines is 1. The Kier molecular flexibility index (Phi) is 7.90. The highest BCUT2D eigenvalue weighted by molar-refractivity contribution is 6.30. The summed E-state index contributed by atoms with van der Waals surface area (Å²) in [5.74, 6) is 1.80. The van der Waals surface area contributed by atoms with Gasteiger partial charge in [0, 0.05) is 24.8 Å². The zero-order chi connectivity index (χ0) is 24.1. The van der Waals surface area contributed by atoms with Crippen molar-refractivity contribution in [2.75, 3.05) is 45.7 Å². The van der Waals surface area contributed by atoms with Crippen LogP contribution in [0.5, 0.6) is 11.5 Å². The number of aromatic nitrogens is 1. The number of rotatable bonds is 7. The van der Waals surface area contributed by atoms with Crippen molar-refractivity contribution in [3.8, 4) is 11.5 Å². The molecular weight excluding hydrogens is 456 g/mol. The monoisotopic (exact) mass is 486 g/mol. The minimum Gasteiger partial charge on any atom is -0.497 e. The van der Waals surface area contributed by atoms with Gasteiger partial charge in [-0.1, -0.05) is 11.6 Å². The standard InChI is InChI=1S/C25H31ClN4O4/c1-33-19-8-9-22(34-2)20(13-19)21-6-4-12-30(21)24(31)16-29-11-3-5-17(15-29)25(32)28-23-10-7-18(26)14-27-23/h7-10,13-14,17,21H,3-6,11-12,15-16H2,1-2H3,(H,27,28,32). The number of ether oxygens (including phenoxy) is 2. The lowest BCUT2D eigenvalue weighted by Gasteiger charge is -2.34. The molecule has 0 radical (unpaired) electrons. The van der Waals surface area contributed by atoms with Crippen molar-refractivity contribution < 1.29 is 19.1 Å². The van der Waals surface area contributed by atoms with Gasteiger partial charge < -0.3 is 19.7 Å². The summed E-state index contributed by atoms with van der Waals surface area (Å²) in [5, 5.41) is 3.38. The van der Waals surface area contributed by atoms with E-state index in [4.69, 9.17) is 21.1 Å². The molecule has 9 heteroatoms. The lowest BCUT2D eigenvalue weighted by molar-refractivity contribution is -0.134. The summed E-state index contributed by atoms with van der Waals surface area (Å²) < 4.78 is 11.0. The van der Waals surface area contributed by atoms with Crippen molar-refractivity contribution in [1.29, 1.82) is 0 Å². The second kappa shape index (κ2) is 11.1. The van der Waals surface area contributed by atoms with Crippen LogP contribution in [0.15, 0.2) is 36.5 Å². The quantitative estimate of drug-likeness (QED) is 0.641. The van der Waals surface area contributed by atoms with Crippen LogP contribution in [0.2, 0.25) is 5.02 Å². The largest absolute Gasteiger partial charge is 0.497 e. The number of likely N-dealkylation sites (tertiary alicyclic amines) is 2. The number of piperidine rings is 1. The molecular formula is C25H31ClN4O4. The molecule has 1 aromatic heterocycles. The van der Waals surface area contributed by atoms with E-state index >= 15 is 0 Å². The number of halogens is 1. The molecule has 2 aliphatic heterocycles.